The number of benzene rings is 2. The lowest BCUT2D eigenvalue weighted by molar-refractivity contribution is -0.384. The van der Waals surface area contributed by atoms with Crippen LogP contribution in [0.3, 0.4) is 0 Å². The summed E-state index contributed by atoms with van der Waals surface area (Å²) in [6.45, 7) is 0.195. The van der Waals surface area contributed by atoms with Gasteiger partial charge in [-0.15, -0.1) is 0 Å². The molecule has 0 heterocycles. The van der Waals surface area contributed by atoms with E-state index >= 15 is 0 Å². The van der Waals surface area contributed by atoms with E-state index in [4.69, 9.17) is 5.73 Å². The van der Waals surface area contributed by atoms with E-state index in [1.807, 2.05) is 18.2 Å². The minimum Gasteiger partial charge on any atom is -0.350 e. The molecule has 2 aromatic rings. The Morgan fingerprint density at radius 1 is 1.19 bits per heavy atom. The second-order valence-corrected chi connectivity index (χ2v) is 4.53. The highest BCUT2D eigenvalue weighted by molar-refractivity contribution is 5.82. The Balaban J connectivity index is 1.98. The number of non-ortho nitro benzene ring substituents is 1. The van der Waals surface area contributed by atoms with Crippen molar-refractivity contribution < 1.29 is 9.72 Å². The van der Waals surface area contributed by atoms with Crippen LogP contribution in [0.1, 0.15) is 17.2 Å². The lowest BCUT2D eigenvalue weighted by Crippen LogP contribution is -2.33. The van der Waals surface area contributed by atoms with Crippen LogP contribution in [0.15, 0.2) is 54.6 Å². The third kappa shape index (κ3) is 3.87. The van der Waals surface area contributed by atoms with Crippen molar-refractivity contribution in [3.63, 3.8) is 0 Å². The Morgan fingerprint density at radius 3 is 2.57 bits per heavy atom. The summed E-state index contributed by atoms with van der Waals surface area (Å²) in [5.74, 6) is -0.326. The Hall–Kier alpha value is -2.73. The largest absolute Gasteiger partial charge is 0.350 e. The number of hydrogen-bond acceptors (Lipinski definition) is 4. The van der Waals surface area contributed by atoms with Crippen molar-refractivity contribution in [1.82, 2.24) is 5.32 Å². The molecule has 1 atom stereocenters. The first kappa shape index (κ1) is 14.7. The van der Waals surface area contributed by atoms with Crippen molar-refractivity contribution in [2.24, 2.45) is 5.73 Å². The second kappa shape index (κ2) is 6.62. The van der Waals surface area contributed by atoms with Gasteiger partial charge in [-0.2, -0.15) is 0 Å². The van der Waals surface area contributed by atoms with Gasteiger partial charge >= 0.3 is 0 Å². The lowest BCUT2D eigenvalue weighted by Gasteiger charge is -2.12. The van der Waals surface area contributed by atoms with Gasteiger partial charge in [0.15, 0.2) is 0 Å². The number of nitrogens with two attached hydrogens (primary N) is 1. The van der Waals surface area contributed by atoms with Gasteiger partial charge in [-0.05, 0) is 11.1 Å². The van der Waals surface area contributed by atoms with Gasteiger partial charge in [0.05, 0.1) is 4.92 Å². The van der Waals surface area contributed by atoms with Crippen LogP contribution in [0, 0.1) is 10.1 Å². The summed E-state index contributed by atoms with van der Waals surface area (Å²) in [6, 6.07) is 14.4. The zero-order chi connectivity index (χ0) is 15.2. The van der Waals surface area contributed by atoms with Crippen molar-refractivity contribution in [2.75, 3.05) is 0 Å². The van der Waals surface area contributed by atoms with Gasteiger partial charge in [0, 0.05) is 18.7 Å². The van der Waals surface area contributed by atoms with Gasteiger partial charge in [0.25, 0.3) is 5.69 Å². The number of rotatable bonds is 5. The van der Waals surface area contributed by atoms with Crippen LogP contribution in [0.25, 0.3) is 0 Å². The number of nitro benzene ring substituents is 1. The molecule has 0 saturated carbocycles. The molecule has 0 unspecified atom stereocenters. The maximum absolute atomic E-state index is 12.0. The maximum atomic E-state index is 12.0. The predicted octanol–water partition coefficient (Wildman–Crippen LogP) is 1.91. The minimum atomic E-state index is -0.759. The highest BCUT2D eigenvalue weighted by Gasteiger charge is 2.15. The molecule has 0 aliphatic heterocycles. The predicted molar refractivity (Wildman–Crippen MR) is 78.3 cm³/mol. The third-order valence-corrected chi connectivity index (χ3v) is 3.03. The van der Waals surface area contributed by atoms with Crippen LogP contribution >= 0.6 is 0 Å². The van der Waals surface area contributed by atoms with Crippen LogP contribution in [-0.2, 0) is 11.3 Å². The van der Waals surface area contributed by atoms with Crippen molar-refractivity contribution >= 4 is 11.6 Å². The zero-order valence-electron chi connectivity index (χ0n) is 11.2. The summed E-state index contributed by atoms with van der Waals surface area (Å²) in [6.07, 6.45) is 0. The molecular formula is C15H15N3O3. The summed E-state index contributed by atoms with van der Waals surface area (Å²) < 4.78 is 0. The fraction of sp³-hybridized carbons (Fsp3) is 0.133. The van der Waals surface area contributed by atoms with Gasteiger partial charge in [-0.3, -0.25) is 14.9 Å². The highest BCUT2D eigenvalue weighted by atomic mass is 16.6. The number of nitrogens with one attached hydrogen (secondary N) is 1. The molecule has 1 amide bonds. The van der Waals surface area contributed by atoms with Crippen LogP contribution in [-0.4, -0.2) is 10.8 Å². The molecule has 6 nitrogen and oxygen atoms in total. The summed E-state index contributed by atoms with van der Waals surface area (Å²) in [4.78, 5) is 22.2. The number of carbonyl (C=O) groups excluding carboxylic acids is 1. The first-order valence-electron chi connectivity index (χ1n) is 6.39. The molecule has 0 spiro atoms. The molecule has 2 rings (SSSR count). The Kier molecular flexibility index (Phi) is 4.63. The summed E-state index contributed by atoms with van der Waals surface area (Å²) in [5, 5.41) is 13.4. The van der Waals surface area contributed by atoms with Crippen molar-refractivity contribution in [2.45, 2.75) is 12.6 Å². The molecule has 0 bridgehead atoms. The summed E-state index contributed by atoms with van der Waals surface area (Å²) >= 11 is 0. The average molecular weight is 285 g/mol. The first-order valence-corrected chi connectivity index (χ1v) is 6.39. The number of nitro groups is 1. The fourth-order valence-electron chi connectivity index (χ4n) is 1.89. The first-order chi connectivity index (χ1) is 10.1. The number of amides is 1. The smallest absolute Gasteiger partial charge is 0.269 e. The van der Waals surface area contributed by atoms with Crippen LogP contribution in [0.2, 0.25) is 0 Å². The molecule has 3 N–H and O–H groups in total. The van der Waals surface area contributed by atoms with Gasteiger partial charge < -0.3 is 11.1 Å². The maximum Gasteiger partial charge on any atom is 0.269 e. The summed E-state index contributed by atoms with van der Waals surface area (Å²) in [5.41, 5.74) is 7.22. The number of carbonyl (C=O) groups is 1. The summed E-state index contributed by atoms with van der Waals surface area (Å²) in [7, 11) is 0. The van der Waals surface area contributed by atoms with E-state index in [0.717, 1.165) is 0 Å². The lowest BCUT2D eigenvalue weighted by atomic mass is 10.1. The van der Waals surface area contributed by atoms with Crippen LogP contribution in [0.4, 0.5) is 5.69 Å². The SMILES string of the molecule is N[C@@H](C(=O)NCc1cccc([N+](=O)[O-])c1)c1ccccc1. The molecule has 2 aromatic carbocycles. The number of nitrogens with zero attached hydrogens (tertiary/aromatic N) is 1. The monoisotopic (exact) mass is 285 g/mol. The van der Waals surface area contributed by atoms with Crippen molar-refractivity contribution in [3.8, 4) is 0 Å². The van der Waals surface area contributed by atoms with Crippen LogP contribution in [0.5, 0.6) is 0 Å². The van der Waals surface area contributed by atoms with Gasteiger partial charge in [-0.1, -0.05) is 42.5 Å². The minimum absolute atomic E-state index is 0.00546. The van der Waals surface area contributed by atoms with E-state index in [1.54, 1.807) is 24.3 Å². The second-order valence-electron chi connectivity index (χ2n) is 4.53. The fourth-order valence-corrected chi connectivity index (χ4v) is 1.89. The van der Waals surface area contributed by atoms with Crippen molar-refractivity contribution in [1.29, 1.82) is 0 Å². The Bertz CT molecular complexity index is 644. The van der Waals surface area contributed by atoms with Crippen molar-refractivity contribution in [3.05, 3.63) is 75.8 Å². The molecule has 21 heavy (non-hydrogen) atoms. The van der Waals surface area contributed by atoms with E-state index in [0.29, 0.717) is 11.1 Å². The van der Waals surface area contributed by atoms with Gasteiger partial charge in [0.1, 0.15) is 6.04 Å². The zero-order valence-corrected chi connectivity index (χ0v) is 11.2. The van der Waals surface area contributed by atoms with Gasteiger partial charge in [-0.25, -0.2) is 0 Å². The van der Waals surface area contributed by atoms with E-state index in [2.05, 4.69) is 5.32 Å². The molecule has 0 aliphatic rings. The number of hydrogen-bond donors (Lipinski definition) is 2. The quantitative estimate of drug-likeness (QED) is 0.647. The Morgan fingerprint density at radius 2 is 1.90 bits per heavy atom. The Labute approximate surface area is 121 Å². The average Bonchev–Trinajstić information content (AvgIpc) is 2.53. The molecule has 108 valence electrons. The van der Waals surface area contributed by atoms with Gasteiger partial charge in [0.2, 0.25) is 5.91 Å². The topological polar surface area (TPSA) is 98.3 Å². The molecule has 0 radical (unpaired) electrons. The molecular weight excluding hydrogens is 270 g/mol. The molecule has 0 aliphatic carbocycles. The molecule has 6 heteroatoms. The van der Waals surface area contributed by atoms with E-state index in [-0.39, 0.29) is 18.1 Å². The van der Waals surface area contributed by atoms with E-state index in [9.17, 15) is 14.9 Å². The van der Waals surface area contributed by atoms with E-state index in [1.165, 1.54) is 12.1 Å². The van der Waals surface area contributed by atoms with E-state index < -0.39 is 11.0 Å². The highest BCUT2D eigenvalue weighted by Crippen LogP contribution is 2.14. The standard InChI is InChI=1S/C15H15N3O3/c16-14(12-6-2-1-3-7-12)15(19)17-10-11-5-4-8-13(9-11)18(20)21/h1-9,14H,10,16H2,(H,17,19)/t14-/m1/s1. The molecule has 0 saturated heterocycles. The molecule has 0 fully saturated rings. The third-order valence-electron chi connectivity index (χ3n) is 3.03. The normalized spacial score (nSPS) is 11.7. The van der Waals surface area contributed by atoms with Crippen LogP contribution < -0.4 is 11.1 Å². The molecule has 0 aromatic heterocycles.